The predicted octanol–water partition coefficient (Wildman–Crippen LogP) is 3.72. The number of nitrogens with zero attached hydrogens (tertiary/aromatic N) is 1. The number of hydrogen-bond acceptors (Lipinski definition) is 4. The van der Waals surface area contributed by atoms with Crippen molar-refractivity contribution in [1.82, 2.24) is 10.2 Å². The van der Waals surface area contributed by atoms with Crippen LogP contribution < -0.4 is 14.8 Å². The van der Waals surface area contributed by atoms with Gasteiger partial charge in [0, 0.05) is 20.0 Å². The van der Waals surface area contributed by atoms with Gasteiger partial charge >= 0.3 is 0 Å². The fourth-order valence-corrected chi connectivity index (χ4v) is 3.25. The van der Waals surface area contributed by atoms with Crippen LogP contribution in [0.15, 0.2) is 48.5 Å². The van der Waals surface area contributed by atoms with Crippen molar-refractivity contribution in [2.45, 2.75) is 45.7 Å². The smallest absolute Gasteiger partial charge is 0.242 e. The van der Waals surface area contributed by atoms with Gasteiger partial charge in [0.25, 0.3) is 0 Å². The molecule has 0 aliphatic rings. The molecule has 0 saturated carbocycles. The third-order valence-electron chi connectivity index (χ3n) is 4.94. The van der Waals surface area contributed by atoms with Crippen LogP contribution >= 0.6 is 0 Å². The molecule has 0 radical (unpaired) electrons. The van der Waals surface area contributed by atoms with Gasteiger partial charge in [-0.1, -0.05) is 36.8 Å². The average Bonchev–Trinajstić information content (AvgIpc) is 2.77. The minimum absolute atomic E-state index is 0.0687. The molecule has 2 aromatic rings. The zero-order valence-electron chi connectivity index (χ0n) is 18.3. The van der Waals surface area contributed by atoms with E-state index in [-0.39, 0.29) is 11.8 Å². The van der Waals surface area contributed by atoms with Crippen LogP contribution in [0.25, 0.3) is 0 Å². The normalized spacial score (nSPS) is 11.5. The first-order chi connectivity index (χ1) is 14.5. The summed E-state index contributed by atoms with van der Waals surface area (Å²) in [5.41, 5.74) is 2.09. The van der Waals surface area contributed by atoms with Gasteiger partial charge in [0.2, 0.25) is 11.8 Å². The highest BCUT2D eigenvalue weighted by molar-refractivity contribution is 5.87. The lowest BCUT2D eigenvalue weighted by Crippen LogP contribution is -2.48. The van der Waals surface area contributed by atoms with Crippen molar-refractivity contribution in [2.24, 2.45) is 0 Å². The van der Waals surface area contributed by atoms with Crippen molar-refractivity contribution in [2.75, 3.05) is 20.8 Å². The standard InChI is InChI=1S/C24H32N2O4/c1-5-22(24(28)25-3)26(17-19-8-6-9-21(16-19)29-4)23(27)10-7-15-30-20-13-11-18(2)12-14-20/h6,8-9,11-14,16,22H,5,7,10,15,17H2,1-4H3,(H,25,28)/t22-/m0/s1. The van der Waals surface area contributed by atoms with Crippen LogP contribution in [0, 0.1) is 6.92 Å². The SMILES string of the molecule is CC[C@@H](C(=O)NC)N(Cc1cccc(OC)c1)C(=O)CCCOc1ccc(C)cc1. The highest BCUT2D eigenvalue weighted by Crippen LogP contribution is 2.18. The molecule has 2 amide bonds. The molecule has 162 valence electrons. The number of methoxy groups -OCH3 is 1. The Bertz CT molecular complexity index is 820. The minimum Gasteiger partial charge on any atom is -0.497 e. The fraction of sp³-hybridized carbons (Fsp3) is 0.417. The molecular weight excluding hydrogens is 380 g/mol. The first-order valence-electron chi connectivity index (χ1n) is 10.3. The molecule has 1 N–H and O–H groups in total. The molecule has 0 aliphatic heterocycles. The molecule has 0 unspecified atom stereocenters. The van der Waals surface area contributed by atoms with Gasteiger partial charge in [0.15, 0.2) is 0 Å². The van der Waals surface area contributed by atoms with Crippen LogP contribution in [-0.4, -0.2) is 43.5 Å². The molecule has 0 bridgehead atoms. The fourth-order valence-electron chi connectivity index (χ4n) is 3.25. The van der Waals surface area contributed by atoms with Crippen LogP contribution in [0.2, 0.25) is 0 Å². The maximum atomic E-state index is 13.0. The maximum absolute atomic E-state index is 13.0. The maximum Gasteiger partial charge on any atom is 0.242 e. The summed E-state index contributed by atoms with van der Waals surface area (Å²) >= 11 is 0. The molecule has 0 fully saturated rings. The number of likely N-dealkylation sites (N-methyl/N-ethyl adjacent to an activating group) is 1. The van der Waals surface area contributed by atoms with E-state index in [0.717, 1.165) is 17.1 Å². The van der Waals surface area contributed by atoms with E-state index < -0.39 is 6.04 Å². The topological polar surface area (TPSA) is 67.9 Å². The van der Waals surface area contributed by atoms with Crippen LogP contribution in [0.1, 0.15) is 37.3 Å². The van der Waals surface area contributed by atoms with Crippen molar-refractivity contribution >= 4 is 11.8 Å². The largest absolute Gasteiger partial charge is 0.497 e. The molecule has 2 rings (SSSR count). The second-order valence-electron chi connectivity index (χ2n) is 7.18. The van der Waals surface area contributed by atoms with Gasteiger partial charge in [-0.2, -0.15) is 0 Å². The van der Waals surface area contributed by atoms with Crippen molar-refractivity contribution in [3.8, 4) is 11.5 Å². The number of rotatable bonds is 11. The van der Waals surface area contributed by atoms with Crippen molar-refractivity contribution in [3.05, 3.63) is 59.7 Å². The molecule has 30 heavy (non-hydrogen) atoms. The van der Waals surface area contributed by atoms with Gasteiger partial charge in [-0.05, 0) is 49.6 Å². The third kappa shape index (κ3) is 6.79. The number of hydrogen-bond donors (Lipinski definition) is 1. The number of benzene rings is 2. The number of ether oxygens (including phenoxy) is 2. The molecule has 0 aliphatic carbocycles. The zero-order valence-corrected chi connectivity index (χ0v) is 18.3. The minimum atomic E-state index is -0.522. The van der Waals surface area contributed by atoms with E-state index in [1.54, 1.807) is 19.1 Å². The summed E-state index contributed by atoms with van der Waals surface area (Å²) in [6, 6.07) is 14.9. The lowest BCUT2D eigenvalue weighted by atomic mass is 10.1. The van der Waals surface area contributed by atoms with E-state index in [9.17, 15) is 9.59 Å². The van der Waals surface area contributed by atoms with E-state index >= 15 is 0 Å². The number of carbonyl (C=O) groups excluding carboxylic acids is 2. The van der Waals surface area contributed by atoms with E-state index in [2.05, 4.69) is 5.32 Å². The molecular formula is C24H32N2O4. The van der Waals surface area contributed by atoms with Crippen LogP contribution in [0.4, 0.5) is 0 Å². The molecule has 0 heterocycles. The van der Waals surface area contributed by atoms with Gasteiger partial charge in [-0.3, -0.25) is 9.59 Å². The van der Waals surface area contributed by atoms with Gasteiger partial charge in [-0.25, -0.2) is 0 Å². The second kappa shape index (κ2) is 11.9. The van der Waals surface area contributed by atoms with Crippen LogP contribution in [0.3, 0.4) is 0 Å². The van der Waals surface area contributed by atoms with Gasteiger partial charge in [-0.15, -0.1) is 0 Å². The van der Waals surface area contributed by atoms with E-state index in [4.69, 9.17) is 9.47 Å². The number of amides is 2. The van der Waals surface area contributed by atoms with Gasteiger partial charge < -0.3 is 19.7 Å². The Morgan fingerprint density at radius 2 is 1.83 bits per heavy atom. The van der Waals surface area contributed by atoms with Crippen molar-refractivity contribution < 1.29 is 19.1 Å². The predicted molar refractivity (Wildman–Crippen MR) is 118 cm³/mol. The highest BCUT2D eigenvalue weighted by atomic mass is 16.5. The Balaban J connectivity index is 2.03. The van der Waals surface area contributed by atoms with Crippen LogP contribution in [0.5, 0.6) is 11.5 Å². The Hall–Kier alpha value is -3.02. The monoisotopic (exact) mass is 412 g/mol. The summed E-state index contributed by atoms with van der Waals surface area (Å²) in [6.07, 6.45) is 1.42. The quantitative estimate of drug-likeness (QED) is 0.571. The van der Waals surface area contributed by atoms with Crippen molar-refractivity contribution in [1.29, 1.82) is 0 Å². The average molecular weight is 413 g/mol. The molecule has 6 heteroatoms. The molecule has 0 spiro atoms. The Kier molecular flexibility index (Phi) is 9.19. The Labute approximate surface area is 179 Å². The Morgan fingerprint density at radius 3 is 2.47 bits per heavy atom. The molecule has 0 aromatic heterocycles. The highest BCUT2D eigenvalue weighted by Gasteiger charge is 2.27. The lowest BCUT2D eigenvalue weighted by Gasteiger charge is -2.30. The molecule has 0 saturated heterocycles. The molecule has 2 aromatic carbocycles. The summed E-state index contributed by atoms with van der Waals surface area (Å²) in [4.78, 5) is 27.1. The lowest BCUT2D eigenvalue weighted by molar-refractivity contribution is -0.141. The van der Waals surface area contributed by atoms with Crippen molar-refractivity contribution in [3.63, 3.8) is 0 Å². The summed E-state index contributed by atoms with van der Waals surface area (Å²) in [5.74, 6) is 1.28. The first-order valence-corrected chi connectivity index (χ1v) is 10.3. The summed E-state index contributed by atoms with van der Waals surface area (Å²) in [7, 11) is 3.20. The summed E-state index contributed by atoms with van der Waals surface area (Å²) in [5, 5.41) is 2.67. The summed E-state index contributed by atoms with van der Waals surface area (Å²) < 4.78 is 11.0. The van der Waals surface area contributed by atoms with Gasteiger partial charge in [0.1, 0.15) is 17.5 Å². The first kappa shape index (κ1) is 23.3. The molecule has 1 atom stereocenters. The number of aryl methyl sites for hydroxylation is 1. The number of carbonyl (C=O) groups is 2. The van der Waals surface area contributed by atoms with E-state index in [1.807, 2.05) is 62.4 Å². The zero-order chi connectivity index (χ0) is 21.9. The second-order valence-corrected chi connectivity index (χ2v) is 7.18. The number of nitrogens with one attached hydrogen (secondary N) is 1. The third-order valence-corrected chi connectivity index (χ3v) is 4.94. The van der Waals surface area contributed by atoms with E-state index in [1.165, 1.54) is 5.56 Å². The molecule has 6 nitrogen and oxygen atoms in total. The van der Waals surface area contributed by atoms with Gasteiger partial charge in [0.05, 0.1) is 13.7 Å². The van der Waals surface area contributed by atoms with Crippen LogP contribution in [-0.2, 0) is 16.1 Å². The Morgan fingerprint density at radius 1 is 1.10 bits per heavy atom. The summed E-state index contributed by atoms with van der Waals surface area (Å²) in [6.45, 7) is 4.72. The van der Waals surface area contributed by atoms with E-state index in [0.29, 0.717) is 32.4 Å².